The van der Waals surface area contributed by atoms with Crippen LogP contribution < -0.4 is 10.9 Å². The second kappa shape index (κ2) is 6.89. The van der Waals surface area contributed by atoms with Crippen LogP contribution in [0, 0.1) is 0 Å². The number of fused-ring (bicyclic) bond motifs is 1. The Kier molecular flexibility index (Phi) is 4.68. The molecule has 1 aromatic heterocycles. The van der Waals surface area contributed by atoms with Gasteiger partial charge in [-0.05, 0) is 19.1 Å². The zero-order valence-corrected chi connectivity index (χ0v) is 13.0. The van der Waals surface area contributed by atoms with Crippen molar-refractivity contribution in [1.29, 1.82) is 0 Å². The fourth-order valence-corrected chi connectivity index (χ4v) is 2.68. The summed E-state index contributed by atoms with van der Waals surface area (Å²) in [6, 6.07) is 6.83. The predicted molar refractivity (Wildman–Crippen MR) is 86.1 cm³/mol. The minimum atomic E-state index is -0.337. The molecule has 0 radical (unpaired) electrons. The number of nitrogens with one attached hydrogen (secondary N) is 2. The van der Waals surface area contributed by atoms with E-state index in [9.17, 15) is 9.59 Å². The summed E-state index contributed by atoms with van der Waals surface area (Å²) in [5, 5.41) is 3.70. The summed E-state index contributed by atoms with van der Waals surface area (Å²) >= 11 is 0. The molecule has 7 heteroatoms. The van der Waals surface area contributed by atoms with E-state index < -0.39 is 0 Å². The Labute approximate surface area is 133 Å². The van der Waals surface area contributed by atoms with Crippen LogP contribution in [0.15, 0.2) is 29.1 Å². The number of morpholine rings is 1. The second-order valence-corrected chi connectivity index (χ2v) is 5.46. The number of ether oxygens (including phenoxy) is 1. The number of rotatable bonds is 4. The zero-order valence-electron chi connectivity index (χ0n) is 13.0. The van der Waals surface area contributed by atoms with Gasteiger partial charge in [0.2, 0.25) is 5.91 Å². The first kappa shape index (κ1) is 15.6. The quantitative estimate of drug-likeness (QED) is 0.845. The molecule has 3 rings (SSSR count). The van der Waals surface area contributed by atoms with E-state index in [1.54, 1.807) is 23.1 Å². The molecule has 23 heavy (non-hydrogen) atoms. The fourth-order valence-electron chi connectivity index (χ4n) is 2.68. The number of para-hydroxylation sites is 1. The standard InChI is InChI=1S/C16H20N4O3/c1-2-20(16(22)13-10-23-8-7-17-13)9-14-18-12-6-4-3-5-11(12)15(21)19-14/h3-6,13,17H,2,7-10H2,1H3,(H,18,19,21). The molecule has 0 bridgehead atoms. The number of aromatic nitrogens is 2. The molecule has 0 saturated carbocycles. The van der Waals surface area contributed by atoms with Gasteiger partial charge in [0, 0.05) is 13.1 Å². The number of carbonyl (C=O) groups is 1. The van der Waals surface area contributed by atoms with Gasteiger partial charge in [-0.25, -0.2) is 4.98 Å². The highest BCUT2D eigenvalue weighted by Crippen LogP contribution is 2.08. The molecule has 1 atom stereocenters. The van der Waals surface area contributed by atoms with Gasteiger partial charge in [-0.3, -0.25) is 9.59 Å². The van der Waals surface area contributed by atoms with Crippen molar-refractivity contribution in [3.63, 3.8) is 0 Å². The highest BCUT2D eigenvalue weighted by molar-refractivity contribution is 5.82. The number of likely N-dealkylation sites (N-methyl/N-ethyl adjacent to an activating group) is 1. The Balaban J connectivity index is 1.81. The topological polar surface area (TPSA) is 87.3 Å². The third-order valence-corrected chi connectivity index (χ3v) is 3.92. The number of benzene rings is 1. The Bertz CT molecular complexity index is 752. The number of H-pyrrole nitrogens is 1. The van der Waals surface area contributed by atoms with Crippen LogP contribution in [-0.2, 0) is 16.1 Å². The lowest BCUT2D eigenvalue weighted by Gasteiger charge is -2.29. The first-order chi connectivity index (χ1) is 11.2. The van der Waals surface area contributed by atoms with E-state index in [0.717, 1.165) is 0 Å². The number of amides is 1. The predicted octanol–water partition coefficient (Wildman–Crippen LogP) is 0.260. The third kappa shape index (κ3) is 3.40. The van der Waals surface area contributed by atoms with Crippen LogP contribution in [0.2, 0.25) is 0 Å². The SMILES string of the molecule is CCN(Cc1nc2ccccc2c(=O)[nH]1)C(=O)C1COCCN1. The van der Waals surface area contributed by atoms with Gasteiger partial charge in [-0.2, -0.15) is 0 Å². The van der Waals surface area contributed by atoms with E-state index in [4.69, 9.17) is 4.74 Å². The maximum Gasteiger partial charge on any atom is 0.258 e. The lowest BCUT2D eigenvalue weighted by atomic mass is 10.2. The van der Waals surface area contributed by atoms with Gasteiger partial charge in [0.15, 0.2) is 0 Å². The molecule has 0 aliphatic carbocycles. The highest BCUT2D eigenvalue weighted by atomic mass is 16.5. The van der Waals surface area contributed by atoms with Crippen LogP contribution in [0.3, 0.4) is 0 Å². The number of aromatic amines is 1. The second-order valence-electron chi connectivity index (χ2n) is 5.46. The van der Waals surface area contributed by atoms with E-state index in [2.05, 4.69) is 15.3 Å². The van der Waals surface area contributed by atoms with Crippen LogP contribution >= 0.6 is 0 Å². The average molecular weight is 316 g/mol. The van der Waals surface area contributed by atoms with Crippen LogP contribution in [0.4, 0.5) is 0 Å². The average Bonchev–Trinajstić information content (AvgIpc) is 2.60. The Morgan fingerprint density at radius 2 is 2.26 bits per heavy atom. The summed E-state index contributed by atoms with van der Waals surface area (Å²) in [5.74, 6) is 0.448. The molecule has 1 saturated heterocycles. The summed E-state index contributed by atoms with van der Waals surface area (Å²) < 4.78 is 5.34. The Morgan fingerprint density at radius 3 is 3.00 bits per heavy atom. The van der Waals surface area contributed by atoms with Gasteiger partial charge < -0.3 is 19.9 Å². The largest absolute Gasteiger partial charge is 0.378 e. The molecule has 2 N–H and O–H groups in total. The molecule has 2 aromatic rings. The van der Waals surface area contributed by atoms with Gasteiger partial charge in [-0.15, -0.1) is 0 Å². The number of hydrogen-bond donors (Lipinski definition) is 2. The summed E-state index contributed by atoms with van der Waals surface area (Å²) in [7, 11) is 0. The minimum Gasteiger partial charge on any atom is -0.378 e. The van der Waals surface area contributed by atoms with Crippen molar-refractivity contribution in [1.82, 2.24) is 20.2 Å². The molecule has 1 aliphatic heterocycles. The van der Waals surface area contributed by atoms with Crippen LogP contribution in [0.25, 0.3) is 10.9 Å². The van der Waals surface area contributed by atoms with Gasteiger partial charge in [0.1, 0.15) is 11.9 Å². The molecule has 1 unspecified atom stereocenters. The molecule has 1 fully saturated rings. The van der Waals surface area contributed by atoms with E-state index in [-0.39, 0.29) is 24.1 Å². The van der Waals surface area contributed by atoms with Crippen LogP contribution in [-0.4, -0.2) is 53.1 Å². The highest BCUT2D eigenvalue weighted by Gasteiger charge is 2.26. The molecule has 122 valence electrons. The summed E-state index contributed by atoms with van der Waals surface area (Å²) in [4.78, 5) is 33.5. The van der Waals surface area contributed by atoms with E-state index in [1.165, 1.54) is 0 Å². The smallest absolute Gasteiger partial charge is 0.258 e. The van der Waals surface area contributed by atoms with Crippen molar-refractivity contribution < 1.29 is 9.53 Å². The summed E-state index contributed by atoms with van der Waals surface area (Å²) in [5.41, 5.74) is 0.446. The van der Waals surface area contributed by atoms with Gasteiger partial charge >= 0.3 is 0 Å². The number of nitrogens with zero attached hydrogens (tertiary/aromatic N) is 2. The third-order valence-electron chi connectivity index (χ3n) is 3.92. The van der Waals surface area contributed by atoms with Crippen LogP contribution in [0.1, 0.15) is 12.7 Å². The summed E-state index contributed by atoms with van der Waals surface area (Å²) in [6.07, 6.45) is 0. The molecule has 1 amide bonds. The van der Waals surface area contributed by atoms with Crippen molar-refractivity contribution >= 4 is 16.8 Å². The molecule has 1 aromatic carbocycles. The van der Waals surface area contributed by atoms with Gasteiger partial charge in [0.25, 0.3) is 5.56 Å². The first-order valence-corrected chi connectivity index (χ1v) is 7.77. The van der Waals surface area contributed by atoms with Crippen LogP contribution in [0.5, 0.6) is 0 Å². The lowest BCUT2D eigenvalue weighted by molar-refractivity contribution is -0.136. The lowest BCUT2D eigenvalue weighted by Crippen LogP contribution is -2.52. The maximum absolute atomic E-state index is 12.5. The van der Waals surface area contributed by atoms with E-state index in [1.807, 2.05) is 13.0 Å². The number of carbonyl (C=O) groups excluding carboxylic acids is 1. The molecule has 1 aliphatic rings. The van der Waals surface area contributed by atoms with Crippen molar-refractivity contribution in [2.24, 2.45) is 0 Å². The molecule has 2 heterocycles. The minimum absolute atomic E-state index is 0.0389. The molecular weight excluding hydrogens is 296 g/mol. The fraction of sp³-hybridized carbons (Fsp3) is 0.438. The Morgan fingerprint density at radius 1 is 1.43 bits per heavy atom. The van der Waals surface area contributed by atoms with Crippen molar-refractivity contribution in [2.45, 2.75) is 19.5 Å². The Hall–Kier alpha value is -2.25. The van der Waals surface area contributed by atoms with E-state index >= 15 is 0 Å². The maximum atomic E-state index is 12.5. The monoisotopic (exact) mass is 316 g/mol. The van der Waals surface area contributed by atoms with Crippen molar-refractivity contribution in [3.8, 4) is 0 Å². The van der Waals surface area contributed by atoms with Gasteiger partial charge in [-0.1, -0.05) is 12.1 Å². The van der Waals surface area contributed by atoms with Crippen molar-refractivity contribution in [3.05, 3.63) is 40.4 Å². The van der Waals surface area contributed by atoms with Crippen molar-refractivity contribution in [2.75, 3.05) is 26.3 Å². The molecule has 7 nitrogen and oxygen atoms in total. The van der Waals surface area contributed by atoms with E-state index in [0.29, 0.717) is 43.0 Å². The molecular formula is C16H20N4O3. The molecule has 0 spiro atoms. The van der Waals surface area contributed by atoms with Gasteiger partial charge in [0.05, 0.1) is 30.7 Å². The number of hydrogen-bond acceptors (Lipinski definition) is 5. The summed E-state index contributed by atoms with van der Waals surface area (Å²) in [6.45, 7) is 4.37. The normalized spacial score (nSPS) is 18.0. The first-order valence-electron chi connectivity index (χ1n) is 7.77. The zero-order chi connectivity index (χ0) is 16.2.